The second kappa shape index (κ2) is 8.33. The molecule has 1 N–H and O–H groups in total. The fourth-order valence-corrected chi connectivity index (χ4v) is 3.33. The zero-order valence-electron chi connectivity index (χ0n) is 16.1. The Labute approximate surface area is 149 Å². The highest BCUT2D eigenvalue weighted by Crippen LogP contribution is 2.24. The van der Waals surface area contributed by atoms with Gasteiger partial charge in [0.1, 0.15) is 0 Å². The van der Waals surface area contributed by atoms with Crippen molar-refractivity contribution in [3.05, 3.63) is 18.0 Å². The minimum atomic E-state index is -0.146. The van der Waals surface area contributed by atoms with E-state index in [4.69, 9.17) is 4.74 Å². The van der Waals surface area contributed by atoms with Gasteiger partial charge in [0.15, 0.2) is 5.96 Å². The third kappa shape index (κ3) is 4.50. The van der Waals surface area contributed by atoms with E-state index in [1.807, 2.05) is 38.2 Å². The number of carbonyl (C=O) groups excluding carboxylic acids is 1. The van der Waals surface area contributed by atoms with Crippen LogP contribution in [0.15, 0.2) is 17.4 Å². The molecule has 0 aromatic carbocycles. The average Bonchev–Trinajstić information content (AvgIpc) is 3.16. The van der Waals surface area contributed by atoms with Gasteiger partial charge < -0.3 is 19.9 Å². The van der Waals surface area contributed by atoms with E-state index in [1.54, 1.807) is 7.05 Å². The van der Waals surface area contributed by atoms with Crippen LogP contribution in [0.1, 0.15) is 18.5 Å². The quantitative estimate of drug-likeness (QED) is 0.469. The number of nitrogens with zero attached hydrogens (tertiary/aromatic N) is 5. The normalized spacial score (nSPS) is 22.4. The van der Waals surface area contributed by atoms with Crippen LogP contribution in [-0.4, -0.2) is 79.4 Å². The highest BCUT2D eigenvalue weighted by atomic mass is 16.5. The van der Waals surface area contributed by atoms with E-state index in [1.165, 1.54) is 7.11 Å². The lowest BCUT2D eigenvalue weighted by Gasteiger charge is -2.27. The van der Waals surface area contributed by atoms with Crippen molar-refractivity contribution in [2.45, 2.75) is 13.0 Å². The summed E-state index contributed by atoms with van der Waals surface area (Å²) in [6.45, 7) is 4.21. The van der Waals surface area contributed by atoms with Crippen LogP contribution in [0.2, 0.25) is 0 Å². The summed E-state index contributed by atoms with van der Waals surface area (Å²) in [6.07, 6.45) is 3.92. The minimum Gasteiger partial charge on any atom is -0.469 e. The summed E-state index contributed by atoms with van der Waals surface area (Å²) in [4.78, 5) is 20.6. The Morgan fingerprint density at radius 2 is 2.24 bits per heavy atom. The zero-order chi connectivity index (χ0) is 18.6. The Hall–Kier alpha value is -2.09. The number of methoxy groups -OCH3 is 1. The molecule has 0 radical (unpaired) electrons. The Bertz CT molecular complexity index is 612. The number of ether oxygens (including phenoxy) is 1. The van der Waals surface area contributed by atoms with Crippen LogP contribution in [-0.2, 0) is 16.6 Å². The summed E-state index contributed by atoms with van der Waals surface area (Å²) in [5.74, 6) is 0.807. The van der Waals surface area contributed by atoms with Crippen LogP contribution in [0.3, 0.4) is 0 Å². The number of aromatic nitrogens is 2. The lowest BCUT2D eigenvalue weighted by atomic mass is 9.99. The van der Waals surface area contributed by atoms with Crippen molar-refractivity contribution in [2.24, 2.45) is 23.9 Å². The number of guanidine groups is 1. The molecule has 0 amide bonds. The number of rotatable bonds is 5. The van der Waals surface area contributed by atoms with Gasteiger partial charge in [0.05, 0.1) is 25.3 Å². The number of carbonyl (C=O) groups is 1. The van der Waals surface area contributed by atoms with E-state index in [0.717, 1.165) is 18.1 Å². The molecule has 3 atom stereocenters. The van der Waals surface area contributed by atoms with Crippen LogP contribution in [0.4, 0.5) is 0 Å². The summed E-state index contributed by atoms with van der Waals surface area (Å²) < 4.78 is 6.72. The molecule has 0 bridgehead atoms. The maximum atomic E-state index is 11.9. The third-order valence-corrected chi connectivity index (χ3v) is 4.81. The van der Waals surface area contributed by atoms with Gasteiger partial charge >= 0.3 is 5.97 Å². The Morgan fingerprint density at radius 1 is 1.52 bits per heavy atom. The highest BCUT2D eigenvalue weighted by Gasteiger charge is 2.37. The number of likely N-dealkylation sites (tertiary alicyclic amines) is 1. The smallest absolute Gasteiger partial charge is 0.310 e. The molecule has 8 heteroatoms. The molecule has 8 nitrogen and oxygen atoms in total. The fourth-order valence-electron chi connectivity index (χ4n) is 3.33. The van der Waals surface area contributed by atoms with E-state index in [2.05, 4.69) is 32.1 Å². The van der Waals surface area contributed by atoms with Crippen LogP contribution < -0.4 is 5.32 Å². The number of hydrogen-bond acceptors (Lipinski definition) is 5. The average molecular weight is 350 g/mol. The Kier molecular flexibility index (Phi) is 6.41. The monoisotopic (exact) mass is 350 g/mol. The van der Waals surface area contributed by atoms with Crippen molar-refractivity contribution < 1.29 is 9.53 Å². The predicted molar refractivity (Wildman–Crippen MR) is 97.2 cm³/mol. The standard InChI is InChI=1S/C17H30N6O2/c1-12-9-23(11-14(12)16(24)25-6)17(18-2)19-8-15(21(3)4)13-7-20-22(5)10-13/h7,10,12,14-15H,8-9,11H2,1-6H3,(H,18,19). The summed E-state index contributed by atoms with van der Waals surface area (Å²) in [6, 6.07) is 0.182. The molecule has 0 aliphatic carbocycles. The topological polar surface area (TPSA) is 75.0 Å². The summed E-state index contributed by atoms with van der Waals surface area (Å²) in [5.41, 5.74) is 1.15. The molecule has 140 valence electrons. The molecule has 1 aromatic heterocycles. The lowest BCUT2D eigenvalue weighted by molar-refractivity contribution is -0.145. The van der Waals surface area contributed by atoms with Crippen LogP contribution in [0.25, 0.3) is 0 Å². The number of nitrogens with one attached hydrogen (secondary N) is 1. The zero-order valence-corrected chi connectivity index (χ0v) is 16.1. The first-order chi connectivity index (χ1) is 11.9. The first-order valence-corrected chi connectivity index (χ1v) is 8.55. The summed E-state index contributed by atoms with van der Waals surface area (Å²) in [7, 11) is 9.23. The SMILES string of the molecule is CN=C(NCC(c1cnn(C)c1)N(C)C)N1CC(C)C(C(=O)OC)C1. The lowest BCUT2D eigenvalue weighted by Crippen LogP contribution is -2.43. The van der Waals surface area contributed by atoms with Gasteiger partial charge in [-0.1, -0.05) is 6.92 Å². The van der Waals surface area contributed by atoms with Crippen molar-refractivity contribution in [1.29, 1.82) is 0 Å². The van der Waals surface area contributed by atoms with Crippen LogP contribution in [0.5, 0.6) is 0 Å². The number of aryl methyl sites for hydroxylation is 1. The van der Waals surface area contributed by atoms with Crippen molar-refractivity contribution in [1.82, 2.24) is 24.9 Å². The fraction of sp³-hybridized carbons (Fsp3) is 0.706. The molecule has 25 heavy (non-hydrogen) atoms. The number of esters is 1. The van der Waals surface area contributed by atoms with E-state index < -0.39 is 0 Å². The van der Waals surface area contributed by atoms with Gasteiger partial charge in [-0.05, 0) is 20.0 Å². The number of hydrogen-bond donors (Lipinski definition) is 1. The van der Waals surface area contributed by atoms with Gasteiger partial charge in [-0.3, -0.25) is 14.5 Å². The summed E-state index contributed by atoms with van der Waals surface area (Å²) in [5, 5.41) is 7.71. The molecule has 1 aromatic rings. The molecule has 2 rings (SSSR count). The Balaban J connectivity index is 2.01. The molecular weight excluding hydrogens is 320 g/mol. The molecule has 1 fully saturated rings. The Morgan fingerprint density at radius 3 is 2.76 bits per heavy atom. The van der Waals surface area contributed by atoms with Gasteiger partial charge in [-0.2, -0.15) is 5.10 Å². The van der Waals surface area contributed by atoms with Gasteiger partial charge in [-0.25, -0.2) is 0 Å². The van der Waals surface area contributed by atoms with Crippen molar-refractivity contribution in [3.63, 3.8) is 0 Å². The molecule has 0 spiro atoms. The van der Waals surface area contributed by atoms with Crippen molar-refractivity contribution in [3.8, 4) is 0 Å². The van der Waals surface area contributed by atoms with Crippen molar-refractivity contribution >= 4 is 11.9 Å². The molecule has 1 aliphatic rings. The predicted octanol–water partition coefficient (Wildman–Crippen LogP) is 0.339. The van der Waals surface area contributed by atoms with Crippen LogP contribution >= 0.6 is 0 Å². The van der Waals surface area contributed by atoms with E-state index in [0.29, 0.717) is 13.1 Å². The van der Waals surface area contributed by atoms with Crippen molar-refractivity contribution in [2.75, 3.05) is 47.9 Å². The molecule has 1 aliphatic heterocycles. The highest BCUT2D eigenvalue weighted by molar-refractivity contribution is 5.82. The van der Waals surface area contributed by atoms with Gasteiger partial charge in [-0.15, -0.1) is 0 Å². The van der Waals surface area contributed by atoms with E-state index >= 15 is 0 Å². The van der Waals surface area contributed by atoms with Gasteiger partial charge in [0.25, 0.3) is 0 Å². The molecular formula is C17H30N6O2. The largest absolute Gasteiger partial charge is 0.469 e. The number of aliphatic imine (C=N–C) groups is 1. The molecule has 0 saturated carbocycles. The van der Waals surface area contributed by atoms with E-state index in [9.17, 15) is 4.79 Å². The molecule has 1 saturated heterocycles. The maximum absolute atomic E-state index is 11.9. The molecule has 2 heterocycles. The van der Waals surface area contributed by atoms with Crippen LogP contribution in [0, 0.1) is 11.8 Å². The third-order valence-electron chi connectivity index (χ3n) is 4.81. The van der Waals surface area contributed by atoms with E-state index in [-0.39, 0.29) is 23.8 Å². The maximum Gasteiger partial charge on any atom is 0.310 e. The molecule has 3 unspecified atom stereocenters. The number of likely N-dealkylation sites (N-methyl/N-ethyl adjacent to an activating group) is 1. The minimum absolute atomic E-state index is 0.105. The van der Waals surface area contributed by atoms with Gasteiger partial charge in [0, 0.05) is 45.5 Å². The summed E-state index contributed by atoms with van der Waals surface area (Å²) >= 11 is 0. The second-order valence-corrected chi connectivity index (χ2v) is 6.87. The first-order valence-electron chi connectivity index (χ1n) is 8.55. The second-order valence-electron chi connectivity index (χ2n) is 6.87. The van der Waals surface area contributed by atoms with Gasteiger partial charge in [0.2, 0.25) is 0 Å². The first kappa shape index (κ1) is 19.2.